The van der Waals surface area contributed by atoms with Crippen molar-refractivity contribution in [1.29, 1.82) is 0 Å². The molecule has 3 aromatic rings. The van der Waals surface area contributed by atoms with Crippen LogP contribution < -0.4 is 15.6 Å². The Bertz CT molecular complexity index is 1110. The molecule has 0 aliphatic heterocycles. The van der Waals surface area contributed by atoms with E-state index in [4.69, 9.17) is 4.74 Å². The molecule has 8 heteroatoms. The Labute approximate surface area is 173 Å². The lowest BCUT2D eigenvalue weighted by atomic mass is 10.00. The number of carbonyl (C=O) groups excluding carboxylic acids is 1. The number of carbonyl (C=O) groups is 1. The number of ether oxygens (including phenoxy) is 1. The second-order valence-corrected chi connectivity index (χ2v) is 6.83. The van der Waals surface area contributed by atoms with Crippen LogP contribution >= 0.6 is 0 Å². The third-order valence-corrected chi connectivity index (χ3v) is 4.73. The topological polar surface area (TPSA) is 86.1 Å². The molecular formula is C22H23FN4O3. The summed E-state index contributed by atoms with van der Waals surface area (Å²) in [7, 11) is 3.05. The summed E-state index contributed by atoms with van der Waals surface area (Å²) >= 11 is 0. The smallest absolute Gasteiger partial charge is 0.252 e. The average molecular weight is 410 g/mol. The van der Waals surface area contributed by atoms with Crippen LogP contribution in [0.3, 0.4) is 0 Å². The van der Waals surface area contributed by atoms with Gasteiger partial charge in [0.1, 0.15) is 0 Å². The van der Waals surface area contributed by atoms with Crippen LogP contribution in [0.25, 0.3) is 0 Å². The largest absolute Gasteiger partial charge is 0.494 e. The zero-order chi connectivity index (χ0) is 21.7. The van der Waals surface area contributed by atoms with E-state index in [0.29, 0.717) is 42.0 Å². The summed E-state index contributed by atoms with van der Waals surface area (Å²) in [6, 6.07) is 6.22. The minimum atomic E-state index is -0.463. The summed E-state index contributed by atoms with van der Waals surface area (Å²) in [5, 5.41) is 2.97. The zero-order valence-electron chi connectivity index (χ0n) is 17.1. The fraction of sp³-hybridized carbons (Fsp3) is 0.273. The van der Waals surface area contributed by atoms with E-state index in [1.807, 2.05) is 0 Å². The average Bonchev–Trinajstić information content (AvgIpc) is 2.76. The molecule has 0 bridgehead atoms. The van der Waals surface area contributed by atoms with Gasteiger partial charge in [-0.05, 0) is 42.2 Å². The second kappa shape index (κ2) is 9.30. The van der Waals surface area contributed by atoms with Gasteiger partial charge in [0.2, 0.25) is 5.95 Å². The first-order valence-corrected chi connectivity index (χ1v) is 9.55. The number of anilines is 2. The van der Waals surface area contributed by atoms with Gasteiger partial charge in [0.15, 0.2) is 17.3 Å². The minimum absolute atomic E-state index is 0.0640. The molecule has 0 aliphatic rings. The molecule has 30 heavy (non-hydrogen) atoms. The number of benzene rings is 1. The van der Waals surface area contributed by atoms with Crippen molar-refractivity contribution in [3.05, 3.63) is 75.7 Å². The van der Waals surface area contributed by atoms with Crippen LogP contribution in [0.1, 0.15) is 34.8 Å². The molecule has 0 radical (unpaired) electrons. The number of nitrogens with one attached hydrogen (secondary N) is 1. The predicted molar refractivity (Wildman–Crippen MR) is 112 cm³/mol. The summed E-state index contributed by atoms with van der Waals surface area (Å²) in [4.78, 5) is 32.2. The molecular weight excluding hydrogens is 387 g/mol. The Hall–Kier alpha value is -3.55. The normalized spacial score (nSPS) is 10.7. The standard InChI is InChI=1S/C22H23FN4O3/c1-4-18(28)16-9-15(21(23)19(10-16)30-3)6-5-14-12-24-22(25-13-14)26-17-7-8-27(2)20(29)11-17/h7-13H,4-6H2,1-3H3,(H,24,25,26). The zero-order valence-corrected chi connectivity index (χ0v) is 17.1. The summed E-state index contributed by atoms with van der Waals surface area (Å²) < 4.78 is 21.1. The molecule has 156 valence electrons. The Kier molecular flexibility index (Phi) is 6.56. The molecule has 0 amide bonds. The fourth-order valence-electron chi connectivity index (χ4n) is 2.93. The minimum Gasteiger partial charge on any atom is -0.494 e. The lowest BCUT2D eigenvalue weighted by molar-refractivity contribution is 0.0987. The molecule has 1 N–H and O–H groups in total. The molecule has 2 aromatic heterocycles. The molecule has 0 saturated heterocycles. The van der Waals surface area contributed by atoms with Gasteiger partial charge in [-0.25, -0.2) is 14.4 Å². The Morgan fingerprint density at radius 2 is 1.93 bits per heavy atom. The van der Waals surface area contributed by atoms with Gasteiger partial charge in [0.25, 0.3) is 5.56 Å². The Morgan fingerprint density at radius 1 is 1.20 bits per heavy atom. The monoisotopic (exact) mass is 410 g/mol. The number of Topliss-reactive ketones (excluding diaryl/α,β-unsaturated/α-hetero) is 1. The first-order valence-electron chi connectivity index (χ1n) is 9.55. The highest BCUT2D eigenvalue weighted by atomic mass is 19.1. The van der Waals surface area contributed by atoms with Crippen molar-refractivity contribution in [1.82, 2.24) is 14.5 Å². The summed E-state index contributed by atoms with van der Waals surface area (Å²) in [5.41, 5.74) is 2.12. The number of hydrogen-bond donors (Lipinski definition) is 1. The van der Waals surface area contributed by atoms with E-state index in [-0.39, 0.29) is 17.1 Å². The van der Waals surface area contributed by atoms with Crippen LogP contribution in [0.15, 0.2) is 47.7 Å². The van der Waals surface area contributed by atoms with Crippen molar-refractivity contribution in [3.63, 3.8) is 0 Å². The van der Waals surface area contributed by atoms with E-state index < -0.39 is 5.82 Å². The highest BCUT2D eigenvalue weighted by molar-refractivity contribution is 5.96. The van der Waals surface area contributed by atoms with E-state index in [9.17, 15) is 14.0 Å². The van der Waals surface area contributed by atoms with Crippen molar-refractivity contribution < 1.29 is 13.9 Å². The fourth-order valence-corrected chi connectivity index (χ4v) is 2.93. The van der Waals surface area contributed by atoms with Crippen LogP contribution in [0.5, 0.6) is 5.75 Å². The van der Waals surface area contributed by atoms with Gasteiger partial charge in [0.05, 0.1) is 7.11 Å². The van der Waals surface area contributed by atoms with Gasteiger partial charge >= 0.3 is 0 Å². The summed E-state index contributed by atoms with van der Waals surface area (Å²) in [5.74, 6) is -0.108. The lowest BCUT2D eigenvalue weighted by Gasteiger charge is -2.11. The van der Waals surface area contributed by atoms with Crippen LogP contribution in [0.4, 0.5) is 16.0 Å². The van der Waals surface area contributed by atoms with Gasteiger partial charge in [-0.15, -0.1) is 0 Å². The molecule has 1 aromatic carbocycles. The number of rotatable bonds is 8. The SMILES string of the molecule is CCC(=O)c1cc(CCc2cnc(Nc3ccn(C)c(=O)c3)nc2)c(F)c(OC)c1. The van der Waals surface area contributed by atoms with Gasteiger partial charge in [-0.1, -0.05) is 6.92 Å². The maximum Gasteiger partial charge on any atom is 0.252 e. The van der Waals surface area contributed by atoms with E-state index in [2.05, 4.69) is 15.3 Å². The van der Waals surface area contributed by atoms with Crippen molar-refractivity contribution in [2.24, 2.45) is 7.05 Å². The molecule has 0 saturated carbocycles. The lowest BCUT2D eigenvalue weighted by Crippen LogP contribution is -2.14. The number of methoxy groups -OCH3 is 1. The molecule has 7 nitrogen and oxygen atoms in total. The van der Waals surface area contributed by atoms with Gasteiger partial charge in [-0.2, -0.15) is 0 Å². The van der Waals surface area contributed by atoms with Crippen molar-refractivity contribution >= 4 is 17.4 Å². The van der Waals surface area contributed by atoms with Crippen LogP contribution in [0.2, 0.25) is 0 Å². The first kappa shape index (κ1) is 21.2. The number of hydrogen-bond acceptors (Lipinski definition) is 6. The van der Waals surface area contributed by atoms with Gasteiger partial charge in [-0.3, -0.25) is 9.59 Å². The van der Waals surface area contributed by atoms with Gasteiger partial charge < -0.3 is 14.6 Å². The Morgan fingerprint density at radius 3 is 2.57 bits per heavy atom. The van der Waals surface area contributed by atoms with Crippen LogP contribution in [-0.4, -0.2) is 27.4 Å². The predicted octanol–water partition coefficient (Wildman–Crippen LogP) is 3.44. The summed E-state index contributed by atoms with van der Waals surface area (Å²) in [6.45, 7) is 1.76. The first-order chi connectivity index (χ1) is 14.4. The van der Waals surface area contributed by atoms with Gasteiger partial charge in [0, 0.05) is 49.4 Å². The van der Waals surface area contributed by atoms with Crippen LogP contribution in [-0.2, 0) is 19.9 Å². The number of aromatic nitrogens is 3. The second-order valence-electron chi connectivity index (χ2n) is 6.83. The maximum atomic E-state index is 14.6. The third kappa shape index (κ3) is 4.89. The van der Waals surface area contributed by atoms with E-state index in [1.165, 1.54) is 23.8 Å². The Balaban J connectivity index is 1.71. The molecule has 0 atom stereocenters. The van der Waals surface area contributed by atoms with E-state index in [0.717, 1.165) is 5.56 Å². The highest BCUT2D eigenvalue weighted by Crippen LogP contribution is 2.25. The third-order valence-electron chi connectivity index (χ3n) is 4.73. The molecule has 0 aliphatic carbocycles. The number of aryl methyl sites for hydroxylation is 3. The number of nitrogens with zero attached hydrogens (tertiary/aromatic N) is 3. The quantitative estimate of drug-likeness (QED) is 0.573. The molecule has 3 rings (SSSR count). The summed E-state index contributed by atoms with van der Waals surface area (Å²) in [6.07, 6.45) is 6.15. The van der Waals surface area contributed by atoms with Crippen molar-refractivity contribution in [2.75, 3.05) is 12.4 Å². The molecule has 2 heterocycles. The van der Waals surface area contributed by atoms with Crippen molar-refractivity contribution in [2.45, 2.75) is 26.2 Å². The number of pyridine rings is 1. The van der Waals surface area contributed by atoms with Crippen molar-refractivity contribution in [3.8, 4) is 5.75 Å². The van der Waals surface area contributed by atoms with E-state index >= 15 is 0 Å². The number of ketones is 1. The van der Waals surface area contributed by atoms with E-state index in [1.54, 1.807) is 44.7 Å². The highest BCUT2D eigenvalue weighted by Gasteiger charge is 2.15. The maximum absolute atomic E-state index is 14.6. The molecule has 0 unspecified atom stereocenters. The van der Waals surface area contributed by atoms with Crippen LogP contribution in [0, 0.1) is 5.82 Å². The molecule has 0 fully saturated rings. The molecule has 0 spiro atoms. The number of halogens is 1.